The average molecular weight is 407 g/mol. The van der Waals surface area contributed by atoms with Crippen molar-refractivity contribution in [1.82, 2.24) is 0 Å². The summed E-state index contributed by atoms with van der Waals surface area (Å²) in [6.07, 6.45) is 0.0577. The summed E-state index contributed by atoms with van der Waals surface area (Å²) in [7, 11) is 0. The lowest BCUT2D eigenvalue weighted by molar-refractivity contribution is -0.151. The number of nitrogens with zero attached hydrogens (tertiary/aromatic N) is 1. The van der Waals surface area contributed by atoms with E-state index in [1.807, 2.05) is 18.2 Å². The Morgan fingerprint density at radius 2 is 1.85 bits per heavy atom. The molecule has 8 heteroatoms. The van der Waals surface area contributed by atoms with Crippen molar-refractivity contribution in [3.8, 4) is 0 Å². The average Bonchev–Trinajstić information content (AvgIpc) is 3.05. The molecule has 3 rings (SSSR count). The predicted octanol–water partition coefficient (Wildman–Crippen LogP) is 3.53. The molecule has 2 amide bonds. The van der Waals surface area contributed by atoms with E-state index in [-0.39, 0.29) is 18.9 Å². The van der Waals surface area contributed by atoms with E-state index in [4.69, 9.17) is 27.9 Å². The highest BCUT2D eigenvalue weighted by atomic mass is 35.5. The van der Waals surface area contributed by atoms with Crippen molar-refractivity contribution in [1.29, 1.82) is 0 Å². The first kappa shape index (κ1) is 19.2. The number of esters is 1. The minimum absolute atomic E-state index is 0.0577. The molecule has 2 aromatic carbocycles. The van der Waals surface area contributed by atoms with Crippen molar-refractivity contribution in [3.05, 3.63) is 58.6 Å². The highest BCUT2D eigenvalue weighted by molar-refractivity contribution is 6.42. The normalized spacial score (nSPS) is 16.3. The van der Waals surface area contributed by atoms with Crippen molar-refractivity contribution >= 4 is 52.4 Å². The quantitative estimate of drug-likeness (QED) is 0.770. The van der Waals surface area contributed by atoms with Gasteiger partial charge in [-0.1, -0.05) is 41.4 Å². The first-order chi connectivity index (χ1) is 12.9. The van der Waals surface area contributed by atoms with E-state index < -0.39 is 24.4 Å². The number of amides is 2. The van der Waals surface area contributed by atoms with Gasteiger partial charge in [-0.05, 0) is 30.3 Å². The number of benzene rings is 2. The smallest absolute Gasteiger partial charge is 0.311 e. The molecule has 1 heterocycles. The summed E-state index contributed by atoms with van der Waals surface area (Å²) in [5.74, 6) is -1.84. The SMILES string of the molecule is O=C(COC(=O)C1CC(=O)N(c2ccccc2)C1)Nc1ccc(Cl)c(Cl)c1. The molecule has 140 valence electrons. The fourth-order valence-corrected chi connectivity index (χ4v) is 3.05. The largest absolute Gasteiger partial charge is 0.455 e. The molecule has 2 aromatic rings. The molecule has 6 nitrogen and oxygen atoms in total. The zero-order valence-electron chi connectivity index (χ0n) is 14.2. The van der Waals surface area contributed by atoms with Crippen LogP contribution in [0.3, 0.4) is 0 Å². The number of ether oxygens (including phenoxy) is 1. The molecule has 0 spiro atoms. The third kappa shape index (κ3) is 4.78. The number of rotatable bonds is 5. The molecule has 1 N–H and O–H groups in total. The fourth-order valence-electron chi connectivity index (χ4n) is 2.75. The van der Waals surface area contributed by atoms with Crippen molar-refractivity contribution in [3.63, 3.8) is 0 Å². The van der Waals surface area contributed by atoms with Gasteiger partial charge in [-0.3, -0.25) is 14.4 Å². The summed E-state index contributed by atoms with van der Waals surface area (Å²) in [5, 5.41) is 3.24. The van der Waals surface area contributed by atoms with Gasteiger partial charge in [0.1, 0.15) is 0 Å². The molecule has 0 aliphatic carbocycles. The molecule has 0 bridgehead atoms. The van der Waals surface area contributed by atoms with E-state index in [0.29, 0.717) is 15.7 Å². The predicted molar refractivity (Wildman–Crippen MR) is 103 cm³/mol. The van der Waals surface area contributed by atoms with Crippen LogP contribution in [0.4, 0.5) is 11.4 Å². The second kappa shape index (κ2) is 8.41. The highest BCUT2D eigenvalue weighted by Crippen LogP contribution is 2.26. The van der Waals surface area contributed by atoms with Gasteiger partial charge >= 0.3 is 5.97 Å². The fraction of sp³-hybridized carbons (Fsp3) is 0.211. The van der Waals surface area contributed by atoms with Crippen molar-refractivity contribution < 1.29 is 19.1 Å². The van der Waals surface area contributed by atoms with Gasteiger partial charge in [-0.25, -0.2) is 0 Å². The van der Waals surface area contributed by atoms with Gasteiger partial charge < -0.3 is 15.0 Å². The molecule has 1 unspecified atom stereocenters. The van der Waals surface area contributed by atoms with E-state index in [0.717, 1.165) is 5.69 Å². The molecule has 1 saturated heterocycles. The maximum atomic E-state index is 12.2. The van der Waals surface area contributed by atoms with Crippen molar-refractivity contribution in [2.75, 3.05) is 23.4 Å². The van der Waals surface area contributed by atoms with Crippen LogP contribution in [0.2, 0.25) is 10.0 Å². The van der Waals surface area contributed by atoms with Gasteiger partial charge in [0, 0.05) is 24.3 Å². The zero-order valence-corrected chi connectivity index (χ0v) is 15.7. The maximum absolute atomic E-state index is 12.2. The monoisotopic (exact) mass is 406 g/mol. The van der Waals surface area contributed by atoms with E-state index >= 15 is 0 Å². The lowest BCUT2D eigenvalue weighted by Gasteiger charge is -2.16. The summed E-state index contributed by atoms with van der Waals surface area (Å²) in [6, 6.07) is 13.7. The van der Waals surface area contributed by atoms with Crippen LogP contribution in [0, 0.1) is 5.92 Å². The summed E-state index contributed by atoms with van der Waals surface area (Å²) in [6.45, 7) is -0.217. The van der Waals surface area contributed by atoms with Gasteiger partial charge in [0.25, 0.3) is 5.91 Å². The van der Waals surface area contributed by atoms with Crippen LogP contribution in [0.15, 0.2) is 48.5 Å². The first-order valence-corrected chi connectivity index (χ1v) is 8.96. The number of para-hydroxylation sites is 1. The Bertz CT molecular complexity index is 873. The van der Waals surface area contributed by atoms with E-state index in [2.05, 4.69) is 5.32 Å². The molecule has 1 fully saturated rings. The lowest BCUT2D eigenvalue weighted by atomic mass is 10.1. The van der Waals surface area contributed by atoms with Gasteiger partial charge in [0.15, 0.2) is 6.61 Å². The summed E-state index contributed by atoms with van der Waals surface area (Å²) >= 11 is 11.7. The molecular formula is C19H16Cl2N2O4. The Morgan fingerprint density at radius 1 is 1.11 bits per heavy atom. The van der Waals surface area contributed by atoms with Crippen LogP contribution in [0.5, 0.6) is 0 Å². The number of nitrogens with one attached hydrogen (secondary N) is 1. The summed E-state index contributed by atoms with van der Waals surface area (Å²) in [5.41, 5.74) is 1.17. The number of hydrogen-bond donors (Lipinski definition) is 1. The molecular weight excluding hydrogens is 391 g/mol. The van der Waals surface area contributed by atoms with Crippen LogP contribution >= 0.6 is 23.2 Å². The molecule has 0 radical (unpaired) electrons. The summed E-state index contributed by atoms with van der Waals surface area (Å²) in [4.78, 5) is 37.8. The van der Waals surface area contributed by atoms with Crippen LogP contribution in [0.1, 0.15) is 6.42 Å². The third-order valence-electron chi connectivity index (χ3n) is 4.08. The number of halogens is 2. The highest BCUT2D eigenvalue weighted by Gasteiger charge is 2.36. The minimum atomic E-state index is -0.601. The van der Waals surface area contributed by atoms with Crippen LogP contribution in [-0.2, 0) is 19.1 Å². The Hall–Kier alpha value is -2.57. The topological polar surface area (TPSA) is 75.7 Å². The number of carbonyl (C=O) groups is 3. The molecule has 0 aromatic heterocycles. The van der Waals surface area contributed by atoms with E-state index in [9.17, 15) is 14.4 Å². The lowest BCUT2D eigenvalue weighted by Crippen LogP contribution is -2.28. The Morgan fingerprint density at radius 3 is 2.56 bits per heavy atom. The Kier molecular flexibility index (Phi) is 5.98. The summed E-state index contributed by atoms with van der Waals surface area (Å²) < 4.78 is 5.06. The van der Waals surface area contributed by atoms with Crippen molar-refractivity contribution in [2.45, 2.75) is 6.42 Å². The molecule has 27 heavy (non-hydrogen) atoms. The number of hydrogen-bond acceptors (Lipinski definition) is 4. The molecule has 1 aliphatic heterocycles. The van der Waals surface area contributed by atoms with Crippen LogP contribution in [0.25, 0.3) is 0 Å². The first-order valence-electron chi connectivity index (χ1n) is 8.21. The molecule has 1 atom stereocenters. The number of anilines is 2. The second-order valence-electron chi connectivity index (χ2n) is 6.03. The Balaban J connectivity index is 1.51. The minimum Gasteiger partial charge on any atom is -0.455 e. The van der Waals surface area contributed by atoms with Gasteiger partial charge in [0.05, 0.1) is 16.0 Å². The molecule has 1 aliphatic rings. The van der Waals surface area contributed by atoms with E-state index in [1.54, 1.807) is 29.2 Å². The van der Waals surface area contributed by atoms with Crippen LogP contribution < -0.4 is 10.2 Å². The van der Waals surface area contributed by atoms with Gasteiger partial charge in [-0.2, -0.15) is 0 Å². The van der Waals surface area contributed by atoms with Gasteiger partial charge in [-0.15, -0.1) is 0 Å². The zero-order chi connectivity index (χ0) is 19.4. The Labute approximate surface area is 166 Å². The number of carbonyl (C=O) groups excluding carboxylic acids is 3. The third-order valence-corrected chi connectivity index (χ3v) is 4.81. The molecule has 0 saturated carbocycles. The standard InChI is InChI=1S/C19H16Cl2N2O4/c20-15-7-6-13(9-16(15)21)22-17(24)11-27-19(26)12-8-18(25)23(10-12)14-4-2-1-3-5-14/h1-7,9,12H,8,10-11H2,(H,22,24). The van der Waals surface area contributed by atoms with Crippen LogP contribution in [-0.4, -0.2) is 30.9 Å². The van der Waals surface area contributed by atoms with E-state index in [1.165, 1.54) is 6.07 Å². The van der Waals surface area contributed by atoms with Crippen molar-refractivity contribution in [2.24, 2.45) is 5.92 Å². The maximum Gasteiger partial charge on any atom is 0.311 e. The second-order valence-corrected chi connectivity index (χ2v) is 6.84. The van der Waals surface area contributed by atoms with Gasteiger partial charge in [0.2, 0.25) is 5.91 Å².